The van der Waals surface area contributed by atoms with Crippen molar-refractivity contribution in [3.63, 3.8) is 0 Å². The molecule has 0 saturated carbocycles. The van der Waals surface area contributed by atoms with Gasteiger partial charge in [-0.25, -0.2) is 4.79 Å². The molecule has 2 aromatic carbocycles. The summed E-state index contributed by atoms with van der Waals surface area (Å²) in [6.45, 7) is 0.616. The van der Waals surface area contributed by atoms with E-state index in [2.05, 4.69) is 58.3 Å². The first kappa shape index (κ1) is 16.7. The lowest BCUT2D eigenvalue weighted by Crippen LogP contribution is -2.43. The average molecular weight is 370 g/mol. The first-order valence-corrected chi connectivity index (χ1v) is 9.49. The van der Waals surface area contributed by atoms with Gasteiger partial charge in [0.25, 0.3) is 0 Å². The summed E-state index contributed by atoms with van der Waals surface area (Å²) >= 11 is 0. The smallest absolute Gasteiger partial charge is 0.315 e. The first-order valence-electron chi connectivity index (χ1n) is 9.49. The maximum atomic E-state index is 12.2. The average Bonchev–Trinajstić information content (AvgIpc) is 3.33. The number of hydrogen-bond acceptors (Lipinski definition) is 1. The van der Waals surface area contributed by atoms with E-state index in [9.17, 15) is 4.79 Å². The Hall–Kier alpha value is -3.47. The molecule has 1 aliphatic heterocycles. The predicted octanol–water partition coefficient (Wildman–Crippen LogP) is 4.20. The molecule has 1 unspecified atom stereocenters. The minimum absolute atomic E-state index is 0.178. The fourth-order valence-corrected chi connectivity index (χ4v) is 4.37. The molecule has 2 aromatic heterocycles. The van der Waals surface area contributed by atoms with Crippen molar-refractivity contribution in [2.24, 2.45) is 12.8 Å². The highest BCUT2D eigenvalue weighted by Gasteiger charge is 2.32. The highest BCUT2D eigenvalue weighted by molar-refractivity contribution is 5.85. The number of amides is 2. The minimum atomic E-state index is -0.381. The van der Waals surface area contributed by atoms with Crippen LogP contribution >= 0.6 is 0 Å². The number of primary amides is 1. The van der Waals surface area contributed by atoms with Crippen LogP contribution in [0.5, 0.6) is 0 Å². The third-order valence-corrected chi connectivity index (χ3v) is 5.74. The van der Waals surface area contributed by atoms with Crippen molar-refractivity contribution >= 4 is 16.9 Å². The van der Waals surface area contributed by atoms with E-state index in [-0.39, 0.29) is 12.1 Å². The van der Waals surface area contributed by atoms with Crippen molar-refractivity contribution in [3.05, 3.63) is 83.8 Å². The molecule has 3 N–H and O–H groups in total. The molecule has 28 heavy (non-hydrogen) atoms. The van der Waals surface area contributed by atoms with E-state index in [1.807, 2.05) is 25.4 Å². The van der Waals surface area contributed by atoms with Gasteiger partial charge >= 0.3 is 6.03 Å². The van der Waals surface area contributed by atoms with Crippen molar-refractivity contribution in [3.8, 4) is 11.1 Å². The number of carbonyl (C=O) groups excluding carboxylic acids is 1. The van der Waals surface area contributed by atoms with Crippen molar-refractivity contribution in [1.29, 1.82) is 0 Å². The number of aryl methyl sites for hydroxylation is 1. The van der Waals surface area contributed by atoms with Gasteiger partial charge in [0.15, 0.2) is 0 Å². The van der Waals surface area contributed by atoms with Crippen LogP contribution < -0.4 is 5.73 Å². The monoisotopic (exact) mass is 370 g/mol. The molecule has 0 bridgehead atoms. The number of nitrogens with one attached hydrogen (secondary N) is 1. The Balaban J connectivity index is 1.66. The third kappa shape index (κ3) is 2.59. The van der Waals surface area contributed by atoms with Crippen LogP contribution in [0.4, 0.5) is 4.79 Å². The third-order valence-electron chi connectivity index (χ3n) is 5.74. The van der Waals surface area contributed by atoms with E-state index < -0.39 is 0 Å². The molecule has 0 aliphatic carbocycles. The van der Waals surface area contributed by atoms with Crippen molar-refractivity contribution < 1.29 is 4.79 Å². The molecule has 0 radical (unpaired) electrons. The Morgan fingerprint density at radius 1 is 1.11 bits per heavy atom. The first-order chi connectivity index (χ1) is 13.6. The van der Waals surface area contributed by atoms with E-state index in [4.69, 9.17) is 5.73 Å². The molecule has 5 heteroatoms. The number of nitrogens with two attached hydrogens (primary N) is 1. The van der Waals surface area contributed by atoms with E-state index in [1.165, 1.54) is 16.7 Å². The zero-order valence-corrected chi connectivity index (χ0v) is 15.7. The van der Waals surface area contributed by atoms with Crippen molar-refractivity contribution in [1.82, 2.24) is 14.5 Å². The largest absolute Gasteiger partial charge is 0.361 e. The molecular formula is C23H22N4O. The van der Waals surface area contributed by atoms with Gasteiger partial charge in [-0.05, 0) is 40.8 Å². The maximum Gasteiger partial charge on any atom is 0.315 e. The second-order valence-electron chi connectivity index (χ2n) is 7.45. The van der Waals surface area contributed by atoms with Gasteiger partial charge < -0.3 is 20.2 Å². The lowest BCUT2D eigenvalue weighted by atomic mass is 9.86. The van der Waals surface area contributed by atoms with Gasteiger partial charge in [0.2, 0.25) is 0 Å². The van der Waals surface area contributed by atoms with Crippen LogP contribution in [0.3, 0.4) is 0 Å². The number of nitrogens with zero attached hydrogens (tertiary/aromatic N) is 2. The summed E-state index contributed by atoms with van der Waals surface area (Å²) in [5.74, 6) is 0. The molecule has 0 spiro atoms. The van der Waals surface area contributed by atoms with Crippen molar-refractivity contribution in [2.75, 3.05) is 6.54 Å². The molecule has 0 saturated heterocycles. The van der Waals surface area contributed by atoms with Gasteiger partial charge in [-0.3, -0.25) is 0 Å². The number of aromatic nitrogens is 2. The number of aromatic amines is 1. The standard InChI is InChI=1S/C23H22N4O/c1-26-10-8-17(14-26)15-6-7-18-16(12-15)9-11-27(23(24)28)22(18)20-13-25-21-5-3-2-4-19(20)21/h2-8,10,12-14,22,25H,9,11H2,1H3,(H2,24,28). The highest BCUT2D eigenvalue weighted by Crippen LogP contribution is 2.39. The van der Waals surface area contributed by atoms with Crippen LogP contribution in [0.25, 0.3) is 22.0 Å². The molecule has 140 valence electrons. The summed E-state index contributed by atoms with van der Waals surface area (Å²) in [4.78, 5) is 17.3. The maximum absolute atomic E-state index is 12.2. The molecule has 0 fully saturated rings. The lowest BCUT2D eigenvalue weighted by Gasteiger charge is -2.36. The Bertz CT molecular complexity index is 1190. The Morgan fingerprint density at radius 2 is 1.96 bits per heavy atom. The number of fused-ring (bicyclic) bond motifs is 2. The van der Waals surface area contributed by atoms with E-state index in [0.29, 0.717) is 6.54 Å². The number of rotatable bonds is 2. The molecule has 1 aliphatic rings. The number of para-hydroxylation sites is 1. The van der Waals surface area contributed by atoms with Crippen LogP contribution in [0.2, 0.25) is 0 Å². The van der Waals surface area contributed by atoms with Crippen LogP contribution in [0.15, 0.2) is 67.1 Å². The zero-order valence-electron chi connectivity index (χ0n) is 15.7. The van der Waals surface area contributed by atoms with Gasteiger partial charge in [0, 0.05) is 48.6 Å². The summed E-state index contributed by atoms with van der Waals surface area (Å²) in [5.41, 5.74) is 12.7. The molecular weight excluding hydrogens is 348 g/mol. The minimum Gasteiger partial charge on any atom is -0.361 e. The second kappa shape index (κ2) is 6.30. The molecule has 3 heterocycles. The lowest BCUT2D eigenvalue weighted by molar-refractivity contribution is 0.190. The Kier molecular flexibility index (Phi) is 3.76. The second-order valence-corrected chi connectivity index (χ2v) is 7.45. The van der Waals surface area contributed by atoms with Crippen molar-refractivity contribution in [2.45, 2.75) is 12.5 Å². The molecule has 1 atom stereocenters. The van der Waals surface area contributed by atoms with E-state index in [1.54, 1.807) is 4.90 Å². The number of benzene rings is 2. The summed E-state index contributed by atoms with van der Waals surface area (Å²) in [6.07, 6.45) is 6.99. The fraction of sp³-hybridized carbons (Fsp3) is 0.174. The van der Waals surface area contributed by atoms with Gasteiger partial charge in [0.05, 0.1) is 6.04 Å². The predicted molar refractivity (Wildman–Crippen MR) is 111 cm³/mol. The van der Waals surface area contributed by atoms with Gasteiger partial charge in [-0.15, -0.1) is 0 Å². The van der Waals surface area contributed by atoms with Crippen LogP contribution in [0.1, 0.15) is 22.7 Å². The molecule has 4 aromatic rings. The number of urea groups is 1. The highest BCUT2D eigenvalue weighted by atomic mass is 16.2. The molecule has 5 nitrogen and oxygen atoms in total. The normalized spacial score (nSPS) is 16.3. The number of carbonyl (C=O) groups is 1. The summed E-state index contributed by atoms with van der Waals surface area (Å²) in [5, 5.41) is 1.12. The topological polar surface area (TPSA) is 67.0 Å². The van der Waals surface area contributed by atoms with Gasteiger partial charge in [0.1, 0.15) is 0 Å². The van der Waals surface area contributed by atoms with E-state index >= 15 is 0 Å². The quantitative estimate of drug-likeness (QED) is 0.546. The number of H-pyrrole nitrogens is 1. The molecule has 5 rings (SSSR count). The summed E-state index contributed by atoms with van der Waals surface area (Å²) in [7, 11) is 2.03. The van der Waals surface area contributed by atoms with Crippen LogP contribution in [-0.2, 0) is 13.5 Å². The fourth-order valence-electron chi connectivity index (χ4n) is 4.37. The Labute approximate surface area is 163 Å². The zero-order chi connectivity index (χ0) is 19.3. The van der Waals surface area contributed by atoms with Crippen LogP contribution in [0, 0.1) is 0 Å². The summed E-state index contributed by atoms with van der Waals surface area (Å²) < 4.78 is 2.05. The van der Waals surface area contributed by atoms with Gasteiger partial charge in [-0.2, -0.15) is 0 Å². The Morgan fingerprint density at radius 3 is 2.75 bits per heavy atom. The van der Waals surface area contributed by atoms with Gasteiger partial charge in [-0.1, -0.05) is 36.4 Å². The number of hydrogen-bond donors (Lipinski definition) is 2. The SMILES string of the molecule is Cn1ccc(-c2ccc3c(c2)CCN(C(N)=O)C3c2c[nH]c3ccccc23)c1. The summed E-state index contributed by atoms with van der Waals surface area (Å²) in [6, 6.07) is 16.3. The van der Waals surface area contributed by atoms with E-state index in [0.717, 1.165) is 28.5 Å². The molecule has 2 amide bonds. The van der Waals surface area contributed by atoms with Crippen LogP contribution in [-0.4, -0.2) is 27.0 Å².